The topological polar surface area (TPSA) is 27.7 Å². The molecule has 0 aromatic carbocycles. The van der Waals surface area contributed by atoms with Crippen LogP contribution >= 0.6 is 0 Å². The molecule has 0 saturated carbocycles. The summed E-state index contributed by atoms with van der Waals surface area (Å²) in [5.74, 6) is 0. The fourth-order valence-electron chi connectivity index (χ4n) is 4.01. The summed E-state index contributed by atoms with van der Waals surface area (Å²) in [6.07, 6.45) is 2.65. The summed E-state index contributed by atoms with van der Waals surface area (Å²) in [6, 6.07) is 1.25. The fourth-order valence-corrected chi connectivity index (χ4v) is 34.7. The molecule has 6 heteroatoms. The van der Waals surface area contributed by atoms with Crippen LogP contribution in [-0.4, -0.2) is 54.1 Å². The zero-order chi connectivity index (χ0) is 15.9. The summed E-state index contributed by atoms with van der Waals surface area (Å²) in [6.45, 7) is 19.9. The second-order valence-electron chi connectivity index (χ2n) is 8.90. The standard InChI is InChI=1S/C15H34O3Si3/c1-15(12-16-11-14-9-8-10-17-14)13-19(2,3)21(6,7)20(4,5)18-15/h14H,8-13H2,1-7H3. The Balaban J connectivity index is 1.98. The number of ether oxygens (including phenoxy) is 2. The Labute approximate surface area is 133 Å². The van der Waals surface area contributed by atoms with Gasteiger partial charge in [0.05, 0.1) is 32.0 Å². The summed E-state index contributed by atoms with van der Waals surface area (Å²) in [5, 5.41) is 0. The van der Waals surface area contributed by atoms with Crippen LogP contribution in [-0.2, 0) is 13.9 Å². The van der Waals surface area contributed by atoms with Crippen molar-refractivity contribution < 1.29 is 13.9 Å². The molecular formula is C15H34O3Si3. The van der Waals surface area contributed by atoms with Crippen LogP contribution in [0.5, 0.6) is 0 Å². The molecule has 0 aromatic rings. The minimum absolute atomic E-state index is 0.0629. The maximum atomic E-state index is 6.75. The second kappa shape index (κ2) is 5.87. The van der Waals surface area contributed by atoms with Gasteiger partial charge in [0.2, 0.25) is 0 Å². The molecule has 0 bridgehead atoms. The third kappa shape index (κ3) is 3.56. The minimum atomic E-state index is -1.58. The largest absolute Gasteiger partial charge is 0.413 e. The zero-order valence-corrected chi connectivity index (χ0v) is 18.0. The van der Waals surface area contributed by atoms with Crippen LogP contribution in [0, 0.1) is 0 Å². The van der Waals surface area contributed by atoms with E-state index in [1.165, 1.54) is 12.5 Å². The molecule has 2 unspecified atom stereocenters. The fraction of sp³-hybridized carbons (Fsp3) is 1.00. The van der Waals surface area contributed by atoms with Crippen LogP contribution in [0.15, 0.2) is 0 Å². The third-order valence-electron chi connectivity index (χ3n) is 6.25. The minimum Gasteiger partial charge on any atom is -0.413 e. The molecule has 2 saturated heterocycles. The summed E-state index contributed by atoms with van der Waals surface area (Å²) in [7, 11) is -4.01. The summed E-state index contributed by atoms with van der Waals surface area (Å²) < 4.78 is 18.4. The van der Waals surface area contributed by atoms with Gasteiger partial charge in [-0.1, -0.05) is 26.2 Å². The van der Waals surface area contributed by atoms with Crippen molar-refractivity contribution in [3.63, 3.8) is 0 Å². The van der Waals surface area contributed by atoms with Crippen LogP contribution in [0.3, 0.4) is 0 Å². The Morgan fingerprint density at radius 3 is 2.33 bits per heavy atom. The monoisotopic (exact) mass is 346 g/mol. The van der Waals surface area contributed by atoms with Gasteiger partial charge in [0.15, 0.2) is 7.83 Å². The van der Waals surface area contributed by atoms with E-state index in [9.17, 15) is 0 Å². The molecule has 2 aliphatic rings. The highest BCUT2D eigenvalue weighted by Crippen LogP contribution is 2.44. The van der Waals surface area contributed by atoms with Crippen LogP contribution < -0.4 is 0 Å². The van der Waals surface area contributed by atoms with E-state index in [4.69, 9.17) is 13.9 Å². The molecule has 0 radical (unpaired) electrons. The molecule has 2 aliphatic heterocycles. The number of hydrogen-bond donors (Lipinski definition) is 0. The van der Waals surface area contributed by atoms with Gasteiger partial charge in [0, 0.05) is 14.2 Å². The van der Waals surface area contributed by atoms with Gasteiger partial charge in [0.1, 0.15) is 0 Å². The smallest absolute Gasteiger partial charge is 0.172 e. The van der Waals surface area contributed by atoms with Gasteiger partial charge in [-0.05, 0) is 38.9 Å². The molecule has 124 valence electrons. The van der Waals surface area contributed by atoms with Crippen molar-refractivity contribution in [1.29, 1.82) is 0 Å². The predicted octanol–water partition coefficient (Wildman–Crippen LogP) is 3.75. The Hall–Kier alpha value is 0.531. The van der Waals surface area contributed by atoms with E-state index in [1.807, 2.05) is 0 Å². The van der Waals surface area contributed by atoms with Gasteiger partial charge in [-0.15, -0.1) is 0 Å². The Morgan fingerprint density at radius 1 is 1.14 bits per heavy atom. The highest BCUT2D eigenvalue weighted by atomic mass is 29.6. The normalized spacial score (nSPS) is 37.6. The van der Waals surface area contributed by atoms with Gasteiger partial charge in [-0.25, -0.2) is 0 Å². The molecule has 2 fully saturated rings. The average Bonchev–Trinajstić information content (AvgIpc) is 2.78. The number of hydrogen-bond acceptors (Lipinski definition) is 3. The molecule has 0 aliphatic carbocycles. The molecule has 2 rings (SSSR count). The summed E-state index contributed by atoms with van der Waals surface area (Å²) in [4.78, 5) is 0. The summed E-state index contributed by atoms with van der Waals surface area (Å²) in [5.41, 5.74) is -0.0629. The van der Waals surface area contributed by atoms with Gasteiger partial charge in [-0.2, -0.15) is 0 Å². The van der Waals surface area contributed by atoms with Crippen molar-refractivity contribution in [3.8, 4) is 0 Å². The lowest BCUT2D eigenvalue weighted by Crippen LogP contribution is -2.78. The lowest BCUT2D eigenvalue weighted by molar-refractivity contribution is -0.0427. The van der Waals surface area contributed by atoms with Crippen molar-refractivity contribution in [3.05, 3.63) is 0 Å². The van der Waals surface area contributed by atoms with Crippen LogP contribution in [0.2, 0.25) is 45.3 Å². The molecule has 2 heterocycles. The van der Waals surface area contributed by atoms with Gasteiger partial charge in [-0.3, -0.25) is 0 Å². The zero-order valence-electron chi connectivity index (χ0n) is 15.0. The van der Waals surface area contributed by atoms with E-state index in [0.29, 0.717) is 6.10 Å². The van der Waals surface area contributed by atoms with Gasteiger partial charge < -0.3 is 13.9 Å². The first-order valence-electron chi connectivity index (χ1n) is 8.39. The Kier molecular flexibility index (Phi) is 5.00. The van der Waals surface area contributed by atoms with Crippen molar-refractivity contribution in [2.45, 2.75) is 76.8 Å². The van der Waals surface area contributed by atoms with E-state index in [2.05, 4.69) is 46.2 Å². The predicted molar refractivity (Wildman–Crippen MR) is 96.5 cm³/mol. The van der Waals surface area contributed by atoms with Crippen LogP contribution in [0.1, 0.15) is 19.8 Å². The van der Waals surface area contributed by atoms with E-state index in [0.717, 1.165) is 26.2 Å². The molecular weight excluding hydrogens is 312 g/mol. The molecule has 2 atom stereocenters. The molecule has 0 N–H and O–H groups in total. The second-order valence-corrected chi connectivity index (χ2v) is 36.2. The Morgan fingerprint density at radius 2 is 1.81 bits per heavy atom. The van der Waals surface area contributed by atoms with E-state index in [1.54, 1.807) is 0 Å². The average molecular weight is 347 g/mol. The van der Waals surface area contributed by atoms with E-state index >= 15 is 0 Å². The van der Waals surface area contributed by atoms with Crippen molar-refractivity contribution in [2.24, 2.45) is 0 Å². The van der Waals surface area contributed by atoms with Crippen LogP contribution in [0.4, 0.5) is 0 Å². The SMILES string of the molecule is CC1(COCC2CCCO2)C[Si](C)(C)[Si](C)(C)[Si](C)(C)O1. The summed E-state index contributed by atoms with van der Waals surface area (Å²) >= 11 is 0. The molecule has 21 heavy (non-hydrogen) atoms. The molecule has 3 nitrogen and oxygen atoms in total. The first kappa shape index (κ1) is 17.9. The van der Waals surface area contributed by atoms with E-state index < -0.39 is 22.5 Å². The Bertz CT molecular complexity index is 356. The highest BCUT2D eigenvalue weighted by Gasteiger charge is 2.61. The lowest BCUT2D eigenvalue weighted by atomic mass is 10.1. The van der Waals surface area contributed by atoms with Crippen molar-refractivity contribution in [1.82, 2.24) is 0 Å². The molecule has 0 amide bonds. The van der Waals surface area contributed by atoms with Crippen molar-refractivity contribution >= 4 is 22.5 Å². The number of rotatable bonds is 4. The third-order valence-corrected chi connectivity index (χ3v) is 46.8. The van der Waals surface area contributed by atoms with Gasteiger partial charge in [0.25, 0.3) is 0 Å². The molecule has 0 spiro atoms. The molecule has 0 aromatic heterocycles. The van der Waals surface area contributed by atoms with Gasteiger partial charge >= 0.3 is 0 Å². The first-order valence-corrected chi connectivity index (χ1v) is 19.5. The van der Waals surface area contributed by atoms with Crippen LogP contribution in [0.25, 0.3) is 0 Å². The maximum absolute atomic E-state index is 6.75. The quantitative estimate of drug-likeness (QED) is 0.726. The first-order chi connectivity index (χ1) is 9.49. The highest BCUT2D eigenvalue weighted by molar-refractivity contribution is 7.67. The maximum Gasteiger partial charge on any atom is 0.172 e. The van der Waals surface area contributed by atoms with Crippen molar-refractivity contribution in [2.75, 3.05) is 19.8 Å². The van der Waals surface area contributed by atoms with E-state index in [-0.39, 0.29) is 5.60 Å². The lowest BCUT2D eigenvalue weighted by Gasteiger charge is -2.58.